The first kappa shape index (κ1) is 19.0. The van der Waals surface area contributed by atoms with Gasteiger partial charge in [-0.2, -0.15) is 15.1 Å². The minimum Gasteiger partial charge on any atom is -0.465 e. The number of carbonyl (C=O) groups is 1. The number of aromatic nitrogens is 5. The third kappa shape index (κ3) is 3.69. The molecule has 10 heteroatoms. The maximum atomic E-state index is 11.6. The van der Waals surface area contributed by atoms with Gasteiger partial charge in [-0.05, 0) is 32.8 Å². The van der Waals surface area contributed by atoms with Crippen LogP contribution in [0.5, 0.6) is 0 Å². The highest BCUT2D eigenvalue weighted by Crippen LogP contribution is 2.29. The lowest BCUT2D eigenvalue weighted by molar-refractivity contribution is 0.105. The van der Waals surface area contributed by atoms with Crippen LogP contribution in [0.3, 0.4) is 0 Å². The zero-order valence-corrected chi connectivity index (χ0v) is 16.8. The van der Waals surface area contributed by atoms with Crippen molar-refractivity contribution in [1.82, 2.24) is 29.6 Å². The number of hydrogen-bond acceptors (Lipinski definition) is 6. The second-order valence-electron chi connectivity index (χ2n) is 7.45. The van der Waals surface area contributed by atoms with E-state index >= 15 is 0 Å². The van der Waals surface area contributed by atoms with Gasteiger partial charge in [0.05, 0.1) is 17.3 Å². The van der Waals surface area contributed by atoms with Crippen molar-refractivity contribution in [2.75, 3.05) is 23.8 Å². The number of nitrogens with zero attached hydrogens (tertiary/aromatic N) is 6. The standard InChI is InChI=1S/C19H26N8O2/c1-4-26-10-13(9-21-26)22-18-23-16-15(7-8-20-16)17(24-18)25(3)14-6-5-12(2)27(11-14)19(28)29/h7-10,12,14H,4-6,11H2,1-3H3,(H,28,29)(H2,20,22,23,24)/t12-,14+/m0/s1. The van der Waals surface area contributed by atoms with Gasteiger partial charge in [0, 0.05) is 44.6 Å². The molecule has 10 nitrogen and oxygen atoms in total. The molecule has 0 unspecified atom stereocenters. The van der Waals surface area contributed by atoms with Crippen LogP contribution in [0.1, 0.15) is 26.7 Å². The SMILES string of the molecule is CCn1cc(Nc2nc(N(C)[C@@H]3CC[C@H](C)N(C(=O)O)C3)c3cc[nH]c3n2)cn1. The highest BCUT2D eigenvalue weighted by molar-refractivity contribution is 5.89. The van der Waals surface area contributed by atoms with E-state index in [4.69, 9.17) is 4.98 Å². The van der Waals surface area contributed by atoms with Gasteiger partial charge in [0.2, 0.25) is 5.95 Å². The Balaban J connectivity index is 1.63. The van der Waals surface area contributed by atoms with E-state index in [9.17, 15) is 9.90 Å². The predicted octanol–water partition coefficient (Wildman–Crippen LogP) is 2.89. The third-order valence-electron chi connectivity index (χ3n) is 5.59. The summed E-state index contributed by atoms with van der Waals surface area (Å²) in [5, 5.41) is 17.9. The fraction of sp³-hybridized carbons (Fsp3) is 0.474. The molecule has 0 radical (unpaired) electrons. The third-order valence-corrected chi connectivity index (χ3v) is 5.59. The summed E-state index contributed by atoms with van der Waals surface area (Å²) in [6, 6.07) is 2.02. The summed E-state index contributed by atoms with van der Waals surface area (Å²) in [5.41, 5.74) is 1.54. The molecular weight excluding hydrogens is 372 g/mol. The van der Waals surface area contributed by atoms with E-state index in [0.717, 1.165) is 41.9 Å². The van der Waals surface area contributed by atoms with Crippen LogP contribution in [-0.4, -0.2) is 66.5 Å². The quantitative estimate of drug-likeness (QED) is 0.605. The smallest absolute Gasteiger partial charge is 0.407 e. The van der Waals surface area contributed by atoms with Crippen molar-refractivity contribution in [1.29, 1.82) is 0 Å². The van der Waals surface area contributed by atoms with Crippen LogP contribution in [0.2, 0.25) is 0 Å². The number of aromatic amines is 1. The minimum absolute atomic E-state index is 0.0298. The molecule has 29 heavy (non-hydrogen) atoms. The molecular formula is C19H26N8O2. The van der Waals surface area contributed by atoms with E-state index in [1.165, 1.54) is 4.90 Å². The highest BCUT2D eigenvalue weighted by Gasteiger charge is 2.32. The molecule has 4 rings (SSSR count). The predicted molar refractivity (Wildman–Crippen MR) is 111 cm³/mol. The number of likely N-dealkylation sites (tertiary alicyclic amines) is 1. The summed E-state index contributed by atoms with van der Waals surface area (Å²) in [6.07, 6.45) is 6.33. The van der Waals surface area contributed by atoms with Crippen molar-refractivity contribution in [3.8, 4) is 0 Å². The molecule has 0 aromatic carbocycles. The van der Waals surface area contributed by atoms with Gasteiger partial charge in [-0.3, -0.25) is 4.68 Å². The van der Waals surface area contributed by atoms with E-state index < -0.39 is 6.09 Å². The van der Waals surface area contributed by atoms with E-state index in [0.29, 0.717) is 12.5 Å². The average molecular weight is 398 g/mol. The van der Waals surface area contributed by atoms with Gasteiger partial charge in [-0.15, -0.1) is 0 Å². The first-order valence-electron chi connectivity index (χ1n) is 9.83. The van der Waals surface area contributed by atoms with E-state index in [-0.39, 0.29) is 12.1 Å². The largest absolute Gasteiger partial charge is 0.465 e. The summed E-state index contributed by atoms with van der Waals surface area (Å²) < 4.78 is 1.83. The van der Waals surface area contributed by atoms with Gasteiger partial charge in [0.15, 0.2) is 0 Å². The van der Waals surface area contributed by atoms with Gasteiger partial charge in [0.1, 0.15) is 11.5 Å². The van der Waals surface area contributed by atoms with E-state index in [2.05, 4.69) is 25.3 Å². The topological polar surface area (TPSA) is 115 Å². The fourth-order valence-electron chi connectivity index (χ4n) is 3.82. The van der Waals surface area contributed by atoms with Crippen molar-refractivity contribution in [3.05, 3.63) is 24.7 Å². The highest BCUT2D eigenvalue weighted by atomic mass is 16.4. The molecule has 3 N–H and O–H groups in total. The Bertz CT molecular complexity index is 1010. The minimum atomic E-state index is -0.875. The van der Waals surface area contributed by atoms with Crippen LogP contribution in [0, 0.1) is 0 Å². The molecule has 3 aromatic heterocycles. The Morgan fingerprint density at radius 3 is 2.97 bits per heavy atom. The Morgan fingerprint density at radius 1 is 1.41 bits per heavy atom. The van der Waals surface area contributed by atoms with Crippen molar-refractivity contribution < 1.29 is 9.90 Å². The summed E-state index contributed by atoms with van der Waals surface area (Å²) in [7, 11) is 1.97. The maximum Gasteiger partial charge on any atom is 0.407 e. The van der Waals surface area contributed by atoms with Crippen molar-refractivity contribution in [3.63, 3.8) is 0 Å². The summed E-state index contributed by atoms with van der Waals surface area (Å²) in [5.74, 6) is 1.24. The van der Waals surface area contributed by atoms with Crippen LogP contribution < -0.4 is 10.2 Å². The van der Waals surface area contributed by atoms with Crippen LogP contribution in [0.4, 0.5) is 22.2 Å². The molecule has 0 aliphatic carbocycles. The Kier molecular flexibility index (Phi) is 4.99. The zero-order chi connectivity index (χ0) is 20.5. The molecule has 1 saturated heterocycles. The number of likely N-dealkylation sites (N-methyl/N-ethyl adjacent to an activating group) is 1. The number of hydrogen-bond donors (Lipinski definition) is 3. The molecule has 4 heterocycles. The van der Waals surface area contributed by atoms with Crippen LogP contribution >= 0.6 is 0 Å². The zero-order valence-electron chi connectivity index (χ0n) is 16.8. The number of anilines is 3. The molecule has 1 aliphatic heterocycles. The maximum absolute atomic E-state index is 11.6. The Hall–Kier alpha value is -3.30. The van der Waals surface area contributed by atoms with Gasteiger partial charge in [0.25, 0.3) is 0 Å². The van der Waals surface area contributed by atoms with Crippen LogP contribution in [0.15, 0.2) is 24.7 Å². The van der Waals surface area contributed by atoms with Crippen LogP contribution in [-0.2, 0) is 6.54 Å². The lowest BCUT2D eigenvalue weighted by Gasteiger charge is -2.40. The normalized spacial score (nSPS) is 19.5. The molecule has 154 valence electrons. The monoisotopic (exact) mass is 398 g/mol. The summed E-state index contributed by atoms with van der Waals surface area (Å²) >= 11 is 0. The van der Waals surface area contributed by atoms with Crippen molar-refractivity contribution >= 4 is 34.6 Å². The number of aryl methyl sites for hydroxylation is 1. The lowest BCUT2D eigenvalue weighted by atomic mass is 9.99. The Morgan fingerprint density at radius 2 is 2.24 bits per heavy atom. The number of fused-ring (bicyclic) bond motifs is 1. The van der Waals surface area contributed by atoms with Gasteiger partial charge in [-0.1, -0.05) is 0 Å². The summed E-state index contributed by atoms with van der Waals surface area (Å²) in [4.78, 5) is 27.6. The second kappa shape index (κ2) is 7.61. The molecule has 1 amide bonds. The van der Waals surface area contributed by atoms with E-state index in [1.54, 1.807) is 6.20 Å². The molecule has 0 spiro atoms. The molecule has 1 fully saturated rings. The fourth-order valence-corrected chi connectivity index (χ4v) is 3.82. The second-order valence-corrected chi connectivity index (χ2v) is 7.45. The molecule has 0 saturated carbocycles. The molecule has 0 bridgehead atoms. The number of piperidine rings is 1. The van der Waals surface area contributed by atoms with Crippen molar-refractivity contribution in [2.45, 2.75) is 45.3 Å². The number of amides is 1. The number of H-pyrrole nitrogens is 1. The van der Waals surface area contributed by atoms with Crippen LogP contribution in [0.25, 0.3) is 11.0 Å². The van der Waals surface area contributed by atoms with Crippen molar-refractivity contribution in [2.24, 2.45) is 0 Å². The molecule has 3 aromatic rings. The number of carboxylic acid groups (broad SMARTS) is 1. The lowest BCUT2D eigenvalue weighted by Crippen LogP contribution is -2.52. The molecule has 1 aliphatic rings. The van der Waals surface area contributed by atoms with E-state index in [1.807, 2.05) is 44.0 Å². The first-order valence-corrected chi connectivity index (χ1v) is 9.83. The summed E-state index contributed by atoms with van der Waals surface area (Å²) in [6.45, 7) is 5.22. The number of nitrogens with one attached hydrogen (secondary N) is 2. The molecule has 2 atom stereocenters. The Labute approximate surface area is 168 Å². The first-order chi connectivity index (χ1) is 14.0. The average Bonchev–Trinajstić information content (AvgIpc) is 3.36. The number of rotatable bonds is 5. The van der Waals surface area contributed by atoms with Gasteiger partial charge < -0.3 is 25.2 Å². The van der Waals surface area contributed by atoms with Gasteiger partial charge in [-0.25, -0.2) is 4.79 Å². The van der Waals surface area contributed by atoms with Gasteiger partial charge >= 0.3 is 6.09 Å².